The molecule has 0 atom stereocenters. The number of nitrogen functional groups attached to an aromatic ring is 1. The molecule has 0 fully saturated rings. The van der Waals surface area contributed by atoms with Gasteiger partial charge in [-0.15, -0.1) is 0 Å². The Hall–Kier alpha value is -4.58. The predicted molar refractivity (Wildman–Crippen MR) is 147 cm³/mol. The summed E-state index contributed by atoms with van der Waals surface area (Å²) >= 11 is 0. The molecule has 0 saturated carbocycles. The second-order valence-electron chi connectivity index (χ2n) is 8.05. The lowest BCUT2D eigenvalue weighted by molar-refractivity contribution is 0.458. The van der Waals surface area contributed by atoms with Crippen molar-refractivity contribution in [2.45, 2.75) is 13.5 Å². The first kappa shape index (κ1) is 26.0. The Morgan fingerprint density at radius 1 is 1.11 bits per heavy atom. The van der Waals surface area contributed by atoms with Crippen LogP contribution in [0.4, 0.5) is 20.2 Å². The summed E-state index contributed by atoms with van der Waals surface area (Å²) in [6.45, 7) is 18.3. The number of nitrogens with zero attached hydrogens (tertiary/aromatic N) is 1. The van der Waals surface area contributed by atoms with Crippen LogP contribution in [0.3, 0.4) is 0 Å². The van der Waals surface area contributed by atoms with E-state index < -0.39 is 11.6 Å². The van der Waals surface area contributed by atoms with Crippen molar-refractivity contribution in [2.75, 3.05) is 11.1 Å². The molecule has 1 aliphatic heterocycles. The van der Waals surface area contributed by atoms with Crippen LogP contribution in [0.25, 0.3) is 5.57 Å². The van der Waals surface area contributed by atoms with Gasteiger partial charge in [0, 0.05) is 35.4 Å². The molecule has 2 aromatic carbocycles. The molecule has 0 aromatic heterocycles. The largest absolute Gasteiger partial charge is 0.397 e. The zero-order valence-electron chi connectivity index (χ0n) is 20.3. The first-order chi connectivity index (χ1) is 17.3. The number of halogens is 2. The van der Waals surface area contributed by atoms with Gasteiger partial charge in [0.05, 0.1) is 11.4 Å². The average molecular weight is 485 g/mol. The minimum atomic E-state index is -0.880. The maximum Gasteiger partial charge on any atom is 0.159 e. The van der Waals surface area contributed by atoms with E-state index in [-0.39, 0.29) is 0 Å². The minimum absolute atomic E-state index is 0.336. The third-order valence-electron chi connectivity index (χ3n) is 5.63. The van der Waals surface area contributed by atoms with Crippen LogP contribution in [-0.4, -0.2) is 4.90 Å². The second kappa shape index (κ2) is 11.7. The zero-order chi connectivity index (χ0) is 26.2. The zero-order valence-corrected chi connectivity index (χ0v) is 20.3. The van der Waals surface area contributed by atoms with Crippen LogP contribution < -0.4 is 16.4 Å². The summed E-state index contributed by atoms with van der Waals surface area (Å²) in [5.41, 5.74) is 12.8. The summed E-state index contributed by atoms with van der Waals surface area (Å²) in [6, 6.07) is 9.59. The summed E-state index contributed by atoms with van der Waals surface area (Å²) in [5.74, 6) is -1.75. The van der Waals surface area contributed by atoms with E-state index in [1.165, 1.54) is 6.07 Å². The Morgan fingerprint density at radius 3 is 2.56 bits per heavy atom. The Labute approximate surface area is 211 Å². The molecule has 0 aliphatic carbocycles. The third-order valence-corrected chi connectivity index (χ3v) is 5.63. The quantitative estimate of drug-likeness (QED) is 0.248. The summed E-state index contributed by atoms with van der Waals surface area (Å²) < 4.78 is 26.9. The molecule has 0 unspecified atom stereocenters. The summed E-state index contributed by atoms with van der Waals surface area (Å²) in [4.78, 5) is 1.85. The standard InChI is InChI=1S/C30H30F2N4/c1-6-23(24-12-14-29(33)30(18-24)34-8-3)17-25(7-2)35-20(4)26-10-9-15-36(21(26)5)19-22-11-13-27(31)28(32)16-22/h6-18,34-35H,2-5,19,33H2,1H3/b23-6+,25-17+. The fraction of sp³-hybridized carbons (Fsp3) is 0.0667. The second-order valence-corrected chi connectivity index (χ2v) is 8.05. The molecular weight excluding hydrogens is 454 g/mol. The highest BCUT2D eigenvalue weighted by Crippen LogP contribution is 2.28. The number of hydrogen-bond acceptors (Lipinski definition) is 4. The number of anilines is 2. The monoisotopic (exact) mass is 484 g/mol. The van der Waals surface area contributed by atoms with Gasteiger partial charge >= 0.3 is 0 Å². The highest BCUT2D eigenvalue weighted by atomic mass is 19.2. The molecule has 1 aliphatic rings. The van der Waals surface area contributed by atoms with E-state index in [1.54, 1.807) is 18.3 Å². The van der Waals surface area contributed by atoms with Crippen molar-refractivity contribution in [3.05, 3.63) is 151 Å². The molecule has 4 N–H and O–H groups in total. The molecule has 2 aromatic rings. The van der Waals surface area contributed by atoms with Gasteiger partial charge in [-0.2, -0.15) is 0 Å². The first-order valence-electron chi connectivity index (χ1n) is 11.3. The summed E-state index contributed by atoms with van der Waals surface area (Å²) in [7, 11) is 0. The van der Waals surface area contributed by atoms with Crippen LogP contribution in [-0.2, 0) is 6.54 Å². The first-order valence-corrected chi connectivity index (χ1v) is 11.3. The van der Waals surface area contributed by atoms with E-state index in [1.807, 2.05) is 60.5 Å². The van der Waals surface area contributed by atoms with Crippen LogP contribution in [0.15, 0.2) is 128 Å². The van der Waals surface area contributed by atoms with Gasteiger partial charge in [0.15, 0.2) is 11.6 Å². The number of benzene rings is 2. The smallest absolute Gasteiger partial charge is 0.159 e. The third kappa shape index (κ3) is 6.10. The van der Waals surface area contributed by atoms with E-state index in [0.29, 0.717) is 29.2 Å². The summed E-state index contributed by atoms with van der Waals surface area (Å²) in [5, 5.41) is 6.35. The van der Waals surface area contributed by atoms with E-state index >= 15 is 0 Å². The van der Waals surface area contributed by atoms with Crippen LogP contribution in [0.2, 0.25) is 0 Å². The molecule has 3 rings (SSSR count). The Bertz CT molecular complexity index is 1330. The van der Waals surface area contributed by atoms with Gasteiger partial charge in [-0.05, 0) is 78.4 Å². The number of nitrogens with two attached hydrogens (primary N) is 1. The number of rotatable bonds is 10. The molecule has 0 saturated heterocycles. The topological polar surface area (TPSA) is 53.3 Å². The lowest BCUT2D eigenvalue weighted by Crippen LogP contribution is -2.23. The lowest BCUT2D eigenvalue weighted by Gasteiger charge is -2.28. The SMILES string of the molecule is C=CNc1cc(C(/C=C(\C=C)NC(=C)C2=CC=CN(Cc3ccc(F)c(F)c3)C2=C)=C/C)ccc1N. The van der Waals surface area contributed by atoms with Crippen molar-refractivity contribution in [2.24, 2.45) is 0 Å². The van der Waals surface area contributed by atoms with Crippen molar-refractivity contribution in [1.29, 1.82) is 0 Å². The van der Waals surface area contributed by atoms with Crippen LogP contribution >= 0.6 is 0 Å². The molecule has 0 amide bonds. The molecule has 4 nitrogen and oxygen atoms in total. The van der Waals surface area contributed by atoms with Crippen molar-refractivity contribution in [1.82, 2.24) is 10.2 Å². The molecule has 0 bridgehead atoms. The molecule has 0 spiro atoms. The minimum Gasteiger partial charge on any atom is -0.397 e. The summed E-state index contributed by atoms with van der Waals surface area (Å²) in [6.07, 6.45) is 12.8. The Balaban J connectivity index is 1.77. The molecule has 0 radical (unpaired) electrons. The van der Waals surface area contributed by atoms with Gasteiger partial charge in [-0.1, -0.05) is 44.5 Å². The Kier molecular flexibility index (Phi) is 8.47. The van der Waals surface area contributed by atoms with Crippen molar-refractivity contribution in [3.8, 4) is 0 Å². The van der Waals surface area contributed by atoms with Crippen molar-refractivity contribution >= 4 is 16.9 Å². The van der Waals surface area contributed by atoms with Crippen molar-refractivity contribution in [3.63, 3.8) is 0 Å². The van der Waals surface area contributed by atoms with E-state index in [0.717, 1.165) is 34.2 Å². The van der Waals surface area contributed by atoms with Gasteiger partial charge in [0.2, 0.25) is 0 Å². The van der Waals surface area contributed by atoms with Gasteiger partial charge in [-0.3, -0.25) is 0 Å². The molecule has 6 heteroatoms. The van der Waals surface area contributed by atoms with Crippen LogP contribution in [0.5, 0.6) is 0 Å². The van der Waals surface area contributed by atoms with E-state index in [2.05, 4.69) is 36.9 Å². The number of nitrogens with one attached hydrogen (secondary N) is 2. The fourth-order valence-corrected chi connectivity index (χ4v) is 3.70. The van der Waals surface area contributed by atoms with Gasteiger partial charge < -0.3 is 21.3 Å². The fourth-order valence-electron chi connectivity index (χ4n) is 3.70. The maximum absolute atomic E-state index is 13.7. The highest BCUT2D eigenvalue weighted by Gasteiger charge is 2.17. The average Bonchev–Trinajstić information content (AvgIpc) is 2.86. The molecular formula is C30H30F2N4. The van der Waals surface area contributed by atoms with Crippen LogP contribution in [0.1, 0.15) is 18.1 Å². The van der Waals surface area contributed by atoms with Gasteiger partial charge in [0.1, 0.15) is 0 Å². The van der Waals surface area contributed by atoms with E-state index in [9.17, 15) is 8.78 Å². The van der Waals surface area contributed by atoms with Crippen LogP contribution in [0, 0.1) is 11.6 Å². The predicted octanol–water partition coefficient (Wildman–Crippen LogP) is 7.15. The molecule has 184 valence electrons. The number of allylic oxidation sites excluding steroid dienone is 6. The van der Waals surface area contributed by atoms with Crippen molar-refractivity contribution < 1.29 is 8.78 Å². The van der Waals surface area contributed by atoms with Gasteiger partial charge in [0.25, 0.3) is 0 Å². The number of hydrogen-bond donors (Lipinski definition) is 3. The molecule has 36 heavy (non-hydrogen) atoms. The highest BCUT2D eigenvalue weighted by molar-refractivity contribution is 5.80. The maximum atomic E-state index is 13.7. The van der Waals surface area contributed by atoms with E-state index in [4.69, 9.17) is 5.73 Å². The normalized spacial score (nSPS) is 13.8. The van der Waals surface area contributed by atoms with Gasteiger partial charge in [-0.25, -0.2) is 8.78 Å². The Morgan fingerprint density at radius 2 is 1.89 bits per heavy atom. The lowest BCUT2D eigenvalue weighted by atomic mass is 10.0. The molecule has 1 heterocycles.